The van der Waals surface area contributed by atoms with Gasteiger partial charge in [0.25, 0.3) is 0 Å². The van der Waals surface area contributed by atoms with E-state index in [0.717, 1.165) is 16.9 Å². The molecule has 0 radical (unpaired) electrons. The van der Waals surface area contributed by atoms with Gasteiger partial charge >= 0.3 is 0 Å². The van der Waals surface area contributed by atoms with E-state index in [1.165, 1.54) is 0 Å². The Morgan fingerprint density at radius 2 is 1.89 bits per heavy atom. The monoisotopic (exact) mass is 257 g/mol. The van der Waals surface area contributed by atoms with E-state index in [9.17, 15) is 0 Å². The van der Waals surface area contributed by atoms with Crippen LogP contribution < -0.4 is 11.1 Å². The quantitative estimate of drug-likeness (QED) is 0.804. The fourth-order valence-corrected chi connectivity index (χ4v) is 1.89. The highest BCUT2D eigenvalue weighted by atomic mass is 35.5. The Kier molecular flexibility index (Phi) is 3.40. The van der Waals surface area contributed by atoms with Gasteiger partial charge in [0.2, 0.25) is 0 Å². The summed E-state index contributed by atoms with van der Waals surface area (Å²) >= 11 is 5.90. The maximum Gasteiger partial charge on any atom is 0.0992 e. The first-order valence-electron chi connectivity index (χ1n) is 5.43. The van der Waals surface area contributed by atoms with Gasteiger partial charge in [-0.2, -0.15) is 5.26 Å². The zero-order valence-electron chi connectivity index (χ0n) is 9.87. The van der Waals surface area contributed by atoms with E-state index in [-0.39, 0.29) is 0 Å². The molecule has 4 heteroatoms. The summed E-state index contributed by atoms with van der Waals surface area (Å²) in [6.07, 6.45) is 0. The van der Waals surface area contributed by atoms with Gasteiger partial charge in [-0.05, 0) is 48.9 Å². The SMILES string of the molecule is Cc1cc(Cl)ccc1Nc1ccc(C#N)cc1N. The molecule has 0 spiro atoms. The van der Waals surface area contributed by atoms with Crippen LogP contribution in [0.5, 0.6) is 0 Å². The lowest BCUT2D eigenvalue weighted by Gasteiger charge is -2.12. The van der Waals surface area contributed by atoms with Gasteiger partial charge in [-0.15, -0.1) is 0 Å². The molecular weight excluding hydrogens is 246 g/mol. The van der Waals surface area contributed by atoms with Crippen LogP contribution in [-0.2, 0) is 0 Å². The zero-order valence-corrected chi connectivity index (χ0v) is 10.6. The van der Waals surface area contributed by atoms with Crippen molar-refractivity contribution in [2.75, 3.05) is 11.1 Å². The first-order chi connectivity index (χ1) is 8.60. The number of aryl methyl sites for hydroxylation is 1. The lowest BCUT2D eigenvalue weighted by atomic mass is 10.1. The minimum absolute atomic E-state index is 0.545. The largest absolute Gasteiger partial charge is 0.397 e. The molecule has 0 atom stereocenters. The highest BCUT2D eigenvalue weighted by molar-refractivity contribution is 6.30. The van der Waals surface area contributed by atoms with Crippen LogP contribution in [-0.4, -0.2) is 0 Å². The van der Waals surface area contributed by atoms with Crippen LogP contribution in [0.3, 0.4) is 0 Å². The van der Waals surface area contributed by atoms with Crippen LogP contribution in [0.25, 0.3) is 0 Å². The first-order valence-corrected chi connectivity index (χ1v) is 5.81. The number of nitrogens with zero attached hydrogens (tertiary/aromatic N) is 1. The van der Waals surface area contributed by atoms with E-state index in [0.29, 0.717) is 16.3 Å². The van der Waals surface area contributed by atoms with Crippen LogP contribution in [0.4, 0.5) is 17.1 Å². The summed E-state index contributed by atoms with van der Waals surface area (Å²) in [7, 11) is 0. The number of nitrogens with one attached hydrogen (secondary N) is 1. The molecule has 0 aromatic heterocycles. The average molecular weight is 258 g/mol. The van der Waals surface area contributed by atoms with E-state index in [4.69, 9.17) is 22.6 Å². The average Bonchev–Trinajstić information content (AvgIpc) is 2.34. The molecule has 0 aliphatic carbocycles. The summed E-state index contributed by atoms with van der Waals surface area (Å²) in [4.78, 5) is 0. The van der Waals surface area contributed by atoms with Gasteiger partial charge in [0.15, 0.2) is 0 Å². The highest BCUT2D eigenvalue weighted by Gasteiger charge is 2.03. The molecule has 2 aromatic rings. The van der Waals surface area contributed by atoms with Gasteiger partial charge in [0, 0.05) is 10.7 Å². The van der Waals surface area contributed by atoms with Gasteiger partial charge in [-0.3, -0.25) is 0 Å². The topological polar surface area (TPSA) is 61.8 Å². The number of halogens is 1. The molecular formula is C14H12ClN3. The van der Waals surface area contributed by atoms with E-state index in [2.05, 4.69) is 11.4 Å². The van der Waals surface area contributed by atoms with Crippen LogP contribution in [0.1, 0.15) is 11.1 Å². The number of rotatable bonds is 2. The van der Waals surface area contributed by atoms with E-state index in [1.54, 1.807) is 18.2 Å². The van der Waals surface area contributed by atoms with Gasteiger partial charge < -0.3 is 11.1 Å². The Balaban J connectivity index is 2.32. The Bertz CT molecular complexity index is 629. The van der Waals surface area contributed by atoms with E-state index >= 15 is 0 Å². The second-order valence-corrected chi connectivity index (χ2v) is 4.43. The third-order valence-corrected chi connectivity index (χ3v) is 2.87. The van der Waals surface area contributed by atoms with Crippen molar-refractivity contribution < 1.29 is 0 Å². The summed E-state index contributed by atoms with van der Waals surface area (Å²) in [5.74, 6) is 0. The molecule has 3 N–H and O–H groups in total. The Hall–Kier alpha value is -2.18. The molecule has 2 rings (SSSR count). The number of anilines is 3. The third-order valence-electron chi connectivity index (χ3n) is 2.64. The molecule has 0 fully saturated rings. The van der Waals surface area contributed by atoms with Crippen molar-refractivity contribution in [2.24, 2.45) is 0 Å². The van der Waals surface area contributed by atoms with Crippen LogP contribution in [0, 0.1) is 18.3 Å². The number of nitriles is 1. The molecule has 0 aliphatic rings. The molecule has 0 unspecified atom stereocenters. The van der Waals surface area contributed by atoms with Gasteiger partial charge in [0.05, 0.1) is 23.0 Å². The number of hydrogen-bond acceptors (Lipinski definition) is 3. The lowest BCUT2D eigenvalue weighted by Crippen LogP contribution is -1.98. The normalized spacial score (nSPS) is 9.83. The first kappa shape index (κ1) is 12.3. The van der Waals surface area contributed by atoms with E-state index in [1.807, 2.05) is 25.1 Å². The molecule has 0 bridgehead atoms. The Labute approximate surface area is 111 Å². The summed E-state index contributed by atoms with van der Waals surface area (Å²) < 4.78 is 0. The highest BCUT2D eigenvalue weighted by Crippen LogP contribution is 2.27. The predicted molar refractivity (Wildman–Crippen MR) is 75.0 cm³/mol. The Morgan fingerprint density at radius 3 is 2.50 bits per heavy atom. The number of nitrogens with two attached hydrogens (primary N) is 1. The van der Waals surface area contributed by atoms with Crippen molar-refractivity contribution in [1.82, 2.24) is 0 Å². The molecule has 18 heavy (non-hydrogen) atoms. The van der Waals surface area contributed by atoms with Gasteiger partial charge in [-0.25, -0.2) is 0 Å². The smallest absolute Gasteiger partial charge is 0.0992 e. The summed E-state index contributed by atoms with van der Waals surface area (Å²) in [6.45, 7) is 1.97. The molecule has 90 valence electrons. The second kappa shape index (κ2) is 4.99. The molecule has 0 aliphatic heterocycles. The van der Waals surface area contributed by atoms with Crippen molar-refractivity contribution in [3.8, 4) is 6.07 Å². The maximum atomic E-state index is 8.78. The molecule has 0 heterocycles. The number of hydrogen-bond donors (Lipinski definition) is 2. The molecule has 0 amide bonds. The molecule has 2 aromatic carbocycles. The number of nitrogen functional groups attached to an aromatic ring is 1. The molecule has 0 saturated carbocycles. The maximum absolute atomic E-state index is 8.78. The second-order valence-electron chi connectivity index (χ2n) is 4.00. The van der Waals surface area contributed by atoms with Crippen molar-refractivity contribution in [3.05, 3.63) is 52.5 Å². The summed E-state index contributed by atoms with van der Waals surface area (Å²) in [6, 6.07) is 12.8. The lowest BCUT2D eigenvalue weighted by molar-refractivity contribution is 1.42. The Morgan fingerprint density at radius 1 is 1.17 bits per heavy atom. The fourth-order valence-electron chi connectivity index (χ4n) is 1.66. The van der Waals surface area contributed by atoms with Gasteiger partial charge in [0.1, 0.15) is 0 Å². The summed E-state index contributed by atoms with van der Waals surface area (Å²) in [5, 5.41) is 12.7. The van der Waals surface area contributed by atoms with Gasteiger partial charge in [-0.1, -0.05) is 11.6 Å². The fraction of sp³-hybridized carbons (Fsp3) is 0.0714. The van der Waals surface area contributed by atoms with Crippen molar-refractivity contribution in [2.45, 2.75) is 6.92 Å². The zero-order chi connectivity index (χ0) is 13.1. The van der Waals surface area contributed by atoms with Crippen molar-refractivity contribution in [3.63, 3.8) is 0 Å². The van der Waals surface area contributed by atoms with E-state index < -0.39 is 0 Å². The molecule has 0 saturated heterocycles. The minimum Gasteiger partial charge on any atom is -0.397 e. The summed E-state index contributed by atoms with van der Waals surface area (Å²) in [5.41, 5.74) is 9.73. The third kappa shape index (κ3) is 2.55. The predicted octanol–water partition coefficient (Wildman–Crippen LogP) is 3.85. The van der Waals surface area contributed by atoms with Crippen molar-refractivity contribution >= 4 is 28.7 Å². The number of benzene rings is 2. The van der Waals surface area contributed by atoms with Crippen LogP contribution in [0.15, 0.2) is 36.4 Å². The van der Waals surface area contributed by atoms with Crippen LogP contribution in [0.2, 0.25) is 5.02 Å². The molecule has 3 nitrogen and oxygen atoms in total. The van der Waals surface area contributed by atoms with Crippen molar-refractivity contribution in [1.29, 1.82) is 5.26 Å². The van der Waals surface area contributed by atoms with Crippen LogP contribution >= 0.6 is 11.6 Å². The standard InChI is InChI=1S/C14H12ClN3/c1-9-6-11(15)3-5-13(9)18-14-4-2-10(8-16)7-12(14)17/h2-7,18H,17H2,1H3. The minimum atomic E-state index is 0.545.